The quantitative estimate of drug-likeness (QED) is 0.833. The molecule has 0 radical (unpaired) electrons. The first-order valence-corrected chi connectivity index (χ1v) is 8.44. The van der Waals surface area contributed by atoms with E-state index in [1.54, 1.807) is 0 Å². The maximum absolute atomic E-state index is 5.48. The van der Waals surface area contributed by atoms with Crippen LogP contribution >= 0.6 is 28.1 Å². The van der Waals surface area contributed by atoms with Gasteiger partial charge in [-0.2, -0.15) is 0 Å². The first-order valence-electron chi connectivity index (χ1n) is 7.24. The highest BCUT2D eigenvalue weighted by Crippen LogP contribution is 2.21. The molecule has 0 aliphatic carbocycles. The fourth-order valence-electron chi connectivity index (χ4n) is 3.08. The molecule has 20 heavy (non-hydrogen) atoms. The summed E-state index contributed by atoms with van der Waals surface area (Å²) >= 11 is 9.02. The maximum atomic E-state index is 5.48. The zero-order valence-electron chi connectivity index (χ0n) is 11.7. The van der Waals surface area contributed by atoms with Crippen molar-refractivity contribution in [2.24, 2.45) is 5.92 Å². The lowest BCUT2D eigenvalue weighted by molar-refractivity contribution is 0.272. The molecular formula is C15H20BrN3S. The van der Waals surface area contributed by atoms with E-state index < -0.39 is 0 Å². The summed E-state index contributed by atoms with van der Waals surface area (Å²) in [6.45, 7) is 6.98. The van der Waals surface area contributed by atoms with E-state index in [9.17, 15) is 0 Å². The van der Waals surface area contributed by atoms with Gasteiger partial charge in [0.1, 0.15) is 0 Å². The number of hydrogen-bond donors (Lipinski definition) is 1. The van der Waals surface area contributed by atoms with E-state index >= 15 is 0 Å². The van der Waals surface area contributed by atoms with E-state index in [-0.39, 0.29) is 0 Å². The van der Waals surface area contributed by atoms with Crippen molar-refractivity contribution in [3.05, 3.63) is 27.4 Å². The summed E-state index contributed by atoms with van der Waals surface area (Å²) in [6.07, 6.45) is 2.71. The van der Waals surface area contributed by atoms with Crippen LogP contribution in [0.4, 0.5) is 0 Å². The molecule has 1 aromatic heterocycles. The largest absolute Gasteiger partial charge is 0.331 e. The van der Waals surface area contributed by atoms with Gasteiger partial charge in [0, 0.05) is 17.6 Å². The van der Waals surface area contributed by atoms with E-state index in [1.165, 1.54) is 38.0 Å². The van der Waals surface area contributed by atoms with Gasteiger partial charge in [0.2, 0.25) is 0 Å². The molecule has 1 aromatic carbocycles. The molecule has 1 aliphatic rings. The van der Waals surface area contributed by atoms with Crippen LogP contribution in [0.1, 0.15) is 19.8 Å². The first-order chi connectivity index (χ1) is 9.63. The fourth-order valence-corrected chi connectivity index (χ4v) is 3.71. The Labute approximate surface area is 133 Å². The van der Waals surface area contributed by atoms with Crippen molar-refractivity contribution < 1.29 is 0 Å². The number of aromatic amines is 1. The first kappa shape index (κ1) is 14.3. The number of nitrogens with zero attached hydrogens (tertiary/aromatic N) is 2. The van der Waals surface area contributed by atoms with Crippen molar-refractivity contribution in [2.45, 2.75) is 26.3 Å². The van der Waals surface area contributed by atoms with Gasteiger partial charge in [-0.05, 0) is 62.3 Å². The van der Waals surface area contributed by atoms with Gasteiger partial charge < -0.3 is 14.5 Å². The fraction of sp³-hybridized carbons (Fsp3) is 0.533. The van der Waals surface area contributed by atoms with Crippen molar-refractivity contribution >= 4 is 39.2 Å². The second-order valence-electron chi connectivity index (χ2n) is 5.82. The number of fused-ring (bicyclic) bond motifs is 1. The minimum absolute atomic E-state index is 0.609. The Hall–Kier alpha value is -0.650. The van der Waals surface area contributed by atoms with E-state index in [0.29, 0.717) is 5.92 Å². The molecule has 0 spiro atoms. The zero-order valence-corrected chi connectivity index (χ0v) is 14.1. The summed E-state index contributed by atoms with van der Waals surface area (Å²) in [5.74, 6) is 0.609. The molecule has 1 N–H and O–H groups in total. The molecular weight excluding hydrogens is 334 g/mol. The number of H-pyrrole nitrogens is 1. The maximum Gasteiger partial charge on any atom is 0.178 e. The third-order valence-corrected chi connectivity index (χ3v) is 4.82. The molecule has 0 saturated carbocycles. The molecule has 1 aliphatic heterocycles. The van der Waals surface area contributed by atoms with Crippen LogP contribution in [0.25, 0.3) is 11.0 Å². The highest BCUT2D eigenvalue weighted by Gasteiger charge is 2.16. The predicted octanol–water partition coefficient (Wildman–Crippen LogP) is 4.19. The third-order valence-electron chi connectivity index (χ3n) is 4.00. The molecule has 1 saturated heterocycles. The average Bonchev–Trinajstić information content (AvgIpc) is 3.00. The van der Waals surface area contributed by atoms with Crippen LogP contribution in [-0.4, -0.2) is 34.1 Å². The molecule has 3 nitrogen and oxygen atoms in total. The molecule has 2 aromatic rings. The lowest BCUT2D eigenvalue weighted by atomic mass is 10.1. The summed E-state index contributed by atoms with van der Waals surface area (Å²) < 4.78 is 4.15. The molecule has 1 unspecified atom stereocenters. The Balaban J connectivity index is 1.80. The Morgan fingerprint density at radius 3 is 2.80 bits per heavy atom. The summed E-state index contributed by atoms with van der Waals surface area (Å²) in [5.41, 5.74) is 2.31. The molecule has 5 heteroatoms. The van der Waals surface area contributed by atoms with Gasteiger partial charge in [-0.15, -0.1) is 0 Å². The molecule has 1 atom stereocenters. The topological polar surface area (TPSA) is 24.0 Å². The van der Waals surface area contributed by atoms with Crippen molar-refractivity contribution in [1.29, 1.82) is 0 Å². The summed E-state index contributed by atoms with van der Waals surface area (Å²) in [4.78, 5) is 5.87. The number of imidazole rings is 1. The highest BCUT2D eigenvalue weighted by molar-refractivity contribution is 9.10. The number of likely N-dealkylation sites (tertiary alicyclic amines) is 1. The molecule has 3 rings (SSSR count). The highest BCUT2D eigenvalue weighted by atomic mass is 79.9. The van der Waals surface area contributed by atoms with E-state index in [0.717, 1.165) is 21.3 Å². The van der Waals surface area contributed by atoms with Gasteiger partial charge in [-0.1, -0.05) is 22.9 Å². The van der Waals surface area contributed by atoms with Crippen LogP contribution in [0, 0.1) is 10.7 Å². The van der Waals surface area contributed by atoms with Gasteiger partial charge in [0.25, 0.3) is 0 Å². The summed E-state index contributed by atoms with van der Waals surface area (Å²) in [7, 11) is 0. The normalized spacial score (nSPS) is 17.9. The molecule has 2 heterocycles. The molecule has 108 valence electrons. The van der Waals surface area contributed by atoms with Gasteiger partial charge in [-0.25, -0.2) is 0 Å². The Kier molecular flexibility index (Phi) is 4.29. The SMILES string of the molecule is CC(CN1CCCC1)Cn1c(=S)[nH]c2ccc(Br)cc21. The number of aromatic nitrogens is 2. The molecule has 1 fully saturated rings. The van der Waals surface area contributed by atoms with Crippen LogP contribution in [0.2, 0.25) is 0 Å². The number of hydrogen-bond acceptors (Lipinski definition) is 2. The van der Waals surface area contributed by atoms with Gasteiger partial charge in [-0.3, -0.25) is 0 Å². The number of benzene rings is 1. The zero-order chi connectivity index (χ0) is 14.1. The van der Waals surface area contributed by atoms with E-state index in [4.69, 9.17) is 12.2 Å². The van der Waals surface area contributed by atoms with E-state index in [2.05, 4.69) is 49.4 Å². The number of nitrogens with one attached hydrogen (secondary N) is 1. The van der Waals surface area contributed by atoms with Crippen molar-refractivity contribution in [2.75, 3.05) is 19.6 Å². The van der Waals surface area contributed by atoms with Crippen LogP contribution in [0.5, 0.6) is 0 Å². The van der Waals surface area contributed by atoms with Gasteiger partial charge in [0.05, 0.1) is 11.0 Å². The van der Waals surface area contributed by atoms with Gasteiger partial charge >= 0.3 is 0 Å². The van der Waals surface area contributed by atoms with Gasteiger partial charge in [0.15, 0.2) is 4.77 Å². The smallest absolute Gasteiger partial charge is 0.178 e. The predicted molar refractivity (Wildman–Crippen MR) is 89.7 cm³/mol. The van der Waals surface area contributed by atoms with Crippen molar-refractivity contribution in [3.8, 4) is 0 Å². The number of halogens is 1. The minimum Gasteiger partial charge on any atom is -0.331 e. The monoisotopic (exact) mass is 353 g/mol. The Morgan fingerprint density at radius 1 is 1.30 bits per heavy atom. The Morgan fingerprint density at radius 2 is 2.05 bits per heavy atom. The van der Waals surface area contributed by atoms with Crippen molar-refractivity contribution in [3.63, 3.8) is 0 Å². The third kappa shape index (κ3) is 3.00. The van der Waals surface area contributed by atoms with Crippen LogP contribution in [0.15, 0.2) is 22.7 Å². The lowest BCUT2D eigenvalue weighted by Crippen LogP contribution is -2.27. The molecule has 0 amide bonds. The molecule has 0 bridgehead atoms. The average molecular weight is 354 g/mol. The van der Waals surface area contributed by atoms with Crippen LogP contribution in [0.3, 0.4) is 0 Å². The van der Waals surface area contributed by atoms with Crippen LogP contribution < -0.4 is 0 Å². The number of rotatable bonds is 4. The van der Waals surface area contributed by atoms with Crippen LogP contribution in [-0.2, 0) is 6.54 Å². The summed E-state index contributed by atoms with van der Waals surface area (Å²) in [5, 5.41) is 0. The second kappa shape index (κ2) is 6.00. The summed E-state index contributed by atoms with van der Waals surface area (Å²) in [6, 6.07) is 6.27. The van der Waals surface area contributed by atoms with Crippen molar-refractivity contribution in [1.82, 2.24) is 14.5 Å². The standard InChI is InChI=1S/C15H20BrN3S/c1-11(9-18-6-2-3-7-18)10-19-14-8-12(16)4-5-13(14)17-15(19)20/h4-5,8,11H,2-3,6-7,9-10H2,1H3,(H,17,20). The lowest BCUT2D eigenvalue weighted by Gasteiger charge is -2.20. The Bertz CT molecular complexity index is 655. The minimum atomic E-state index is 0.609. The van der Waals surface area contributed by atoms with E-state index in [1.807, 2.05) is 6.07 Å². The second-order valence-corrected chi connectivity index (χ2v) is 7.12.